The summed E-state index contributed by atoms with van der Waals surface area (Å²) in [6.45, 7) is 0.130. The van der Waals surface area contributed by atoms with Gasteiger partial charge in [-0.1, -0.05) is 36.6 Å². The zero-order chi connectivity index (χ0) is 16.4. The lowest BCUT2D eigenvalue weighted by Gasteiger charge is -2.32. The molecule has 0 heterocycles. The van der Waals surface area contributed by atoms with Crippen molar-refractivity contribution in [2.45, 2.75) is 50.0 Å². The molecule has 0 unspecified atom stereocenters. The highest BCUT2D eigenvalue weighted by atomic mass is 35.5. The summed E-state index contributed by atoms with van der Waals surface area (Å²) in [5.74, 6) is -0.0177. The van der Waals surface area contributed by atoms with Crippen molar-refractivity contribution in [3.05, 3.63) is 34.9 Å². The monoisotopic (exact) mass is 334 g/mol. The topological polar surface area (TPSA) is 49.4 Å². The van der Waals surface area contributed by atoms with Crippen LogP contribution in [0.3, 0.4) is 0 Å². The van der Waals surface area contributed by atoms with Crippen LogP contribution in [0.4, 0.5) is 0 Å². The van der Waals surface area contributed by atoms with Gasteiger partial charge in [-0.3, -0.25) is 9.59 Å². The fourth-order valence-electron chi connectivity index (χ4n) is 3.53. The van der Waals surface area contributed by atoms with E-state index in [4.69, 9.17) is 11.6 Å². The number of carbonyl (C=O) groups is 2. The molecular formula is C18H23ClN2O2. The SMILES string of the molecule is CN(CC(=O)NC1CC1)C(=O)C1(c2ccc(Cl)cc2)CCCC1. The van der Waals surface area contributed by atoms with E-state index in [9.17, 15) is 9.59 Å². The molecule has 2 aliphatic carbocycles. The van der Waals surface area contributed by atoms with E-state index >= 15 is 0 Å². The van der Waals surface area contributed by atoms with Crippen LogP contribution in [-0.2, 0) is 15.0 Å². The summed E-state index contributed by atoms with van der Waals surface area (Å²) >= 11 is 5.98. The van der Waals surface area contributed by atoms with E-state index in [1.54, 1.807) is 11.9 Å². The van der Waals surface area contributed by atoms with Crippen molar-refractivity contribution in [3.8, 4) is 0 Å². The number of benzene rings is 1. The van der Waals surface area contributed by atoms with Gasteiger partial charge in [0.15, 0.2) is 0 Å². The molecule has 0 saturated heterocycles. The van der Waals surface area contributed by atoms with Crippen molar-refractivity contribution in [2.75, 3.05) is 13.6 Å². The Morgan fingerprint density at radius 2 is 1.83 bits per heavy atom. The van der Waals surface area contributed by atoms with Crippen LogP contribution < -0.4 is 5.32 Å². The lowest BCUT2D eigenvalue weighted by atomic mass is 9.77. The van der Waals surface area contributed by atoms with Crippen molar-refractivity contribution < 1.29 is 9.59 Å². The van der Waals surface area contributed by atoms with Crippen LogP contribution in [0.1, 0.15) is 44.1 Å². The second-order valence-electron chi connectivity index (χ2n) is 6.80. The highest BCUT2D eigenvalue weighted by Gasteiger charge is 2.44. The Balaban J connectivity index is 1.75. The lowest BCUT2D eigenvalue weighted by Crippen LogP contribution is -2.47. The molecule has 0 aliphatic heterocycles. The molecule has 2 aliphatic rings. The average molecular weight is 335 g/mol. The summed E-state index contributed by atoms with van der Waals surface area (Å²) in [5, 5.41) is 3.61. The maximum Gasteiger partial charge on any atom is 0.239 e. The molecule has 2 fully saturated rings. The lowest BCUT2D eigenvalue weighted by molar-refractivity contribution is -0.139. The second kappa shape index (κ2) is 6.52. The minimum Gasteiger partial charge on any atom is -0.352 e. The number of halogens is 1. The molecule has 0 atom stereocenters. The van der Waals surface area contributed by atoms with Crippen LogP contribution in [0.25, 0.3) is 0 Å². The van der Waals surface area contributed by atoms with E-state index in [1.165, 1.54) is 0 Å². The molecule has 1 aromatic rings. The summed E-state index contributed by atoms with van der Waals surface area (Å²) in [5.41, 5.74) is 0.512. The Bertz CT molecular complexity index is 590. The molecular weight excluding hydrogens is 312 g/mol. The number of carbonyl (C=O) groups excluding carboxylic acids is 2. The highest BCUT2D eigenvalue weighted by Crippen LogP contribution is 2.42. The Hall–Kier alpha value is -1.55. The number of likely N-dealkylation sites (N-methyl/N-ethyl adjacent to an activating group) is 1. The molecule has 5 heteroatoms. The Morgan fingerprint density at radius 3 is 2.39 bits per heavy atom. The Morgan fingerprint density at radius 1 is 1.22 bits per heavy atom. The van der Waals surface area contributed by atoms with Gasteiger partial charge in [-0.25, -0.2) is 0 Å². The van der Waals surface area contributed by atoms with E-state index in [-0.39, 0.29) is 18.4 Å². The highest BCUT2D eigenvalue weighted by molar-refractivity contribution is 6.30. The van der Waals surface area contributed by atoms with Crippen molar-refractivity contribution in [1.82, 2.24) is 10.2 Å². The average Bonchev–Trinajstić information content (AvgIpc) is 3.19. The third-order valence-corrected chi connectivity index (χ3v) is 5.19. The summed E-state index contributed by atoms with van der Waals surface area (Å²) in [7, 11) is 1.73. The molecule has 1 N–H and O–H groups in total. The quantitative estimate of drug-likeness (QED) is 0.900. The van der Waals surface area contributed by atoms with Gasteiger partial charge in [0.25, 0.3) is 0 Å². The minimum atomic E-state index is -0.501. The fourth-order valence-corrected chi connectivity index (χ4v) is 3.65. The molecule has 23 heavy (non-hydrogen) atoms. The molecule has 0 spiro atoms. The van der Waals surface area contributed by atoms with Crippen LogP contribution in [0.5, 0.6) is 0 Å². The molecule has 4 nitrogen and oxygen atoms in total. The third-order valence-electron chi connectivity index (χ3n) is 4.93. The third kappa shape index (κ3) is 3.52. The standard InChI is InChI=1S/C18H23ClN2O2/c1-21(12-16(22)20-15-8-9-15)17(23)18(10-2-3-11-18)13-4-6-14(19)7-5-13/h4-7,15H,2-3,8-12H2,1H3,(H,20,22). The zero-order valence-corrected chi connectivity index (χ0v) is 14.2. The van der Waals surface area contributed by atoms with Crippen LogP contribution in [0.15, 0.2) is 24.3 Å². The molecule has 3 rings (SSSR count). The number of rotatable bonds is 5. The predicted molar refractivity (Wildman–Crippen MR) is 90.4 cm³/mol. The maximum absolute atomic E-state index is 13.1. The van der Waals surface area contributed by atoms with E-state index in [2.05, 4.69) is 5.32 Å². The first-order valence-corrected chi connectivity index (χ1v) is 8.70. The predicted octanol–water partition coefficient (Wildman–Crippen LogP) is 2.89. The van der Waals surface area contributed by atoms with E-state index in [1.807, 2.05) is 24.3 Å². The van der Waals surface area contributed by atoms with Crippen molar-refractivity contribution in [2.24, 2.45) is 0 Å². The van der Waals surface area contributed by atoms with Gasteiger partial charge in [0.05, 0.1) is 12.0 Å². The van der Waals surface area contributed by atoms with Crippen LogP contribution >= 0.6 is 11.6 Å². The van der Waals surface area contributed by atoms with E-state index in [0.717, 1.165) is 44.1 Å². The molecule has 0 radical (unpaired) electrons. The van der Waals surface area contributed by atoms with Gasteiger partial charge in [0.2, 0.25) is 11.8 Å². The molecule has 124 valence electrons. The summed E-state index contributed by atoms with van der Waals surface area (Å²) in [4.78, 5) is 26.7. The maximum atomic E-state index is 13.1. The number of hydrogen-bond acceptors (Lipinski definition) is 2. The molecule has 2 amide bonds. The largest absolute Gasteiger partial charge is 0.352 e. The molecule has 2 saturated carbocycles. The molecule has 0 aromatic heterocycles. The smallest absolute Gasteiger partial charge is 0.239 e. The van der Waals surface area contributed by atoms with Gasteiger partial charge in [-0.2, -0.15) is 0 Å². The van der Waals surface area contributed by atoms with E-state index in [0.29, 0.717) is 11.1 Å². The first-order valence-electron chi connectivity index (χ1n) is 8.32. The van der Waals surface area contributed by atoms with Gasteiger partial charge in [-0.05, 0) is 43.4 Å². The van der Waals surface area contributed by atoms with Gasteiger partial charge < -0.3 is 10.2 Å². The first kappa shape index (κ1) is 16.3. The molecule has 0 bridgehead atoms. The van der Waals surface area contributed by atoms with Crippen LogP contribution in [0, 0.1) is 0 Å². The minimum absolute atomic E-state index is 0.0447. The van der Waals surface area contributed by atoms with Crippen molar-refractivity contribution in [1.29, 1.82) is 0 Å². The van der Waals surface area contributed by atoms with Gasteiger partial charge in [0.1, 0.15) is 0 Å². The Labute approximate surface area is 142 Å². The van der Waals surface area contributed by atoms with Gasteiger partial charge >= 0.3 is 0 Å². The van der Waals surface area contributed by atoms with Crippen LogP contribution in [0.2, 0.25) is 5.02 Å². The summed E-state index contributed by atoms with van der Waals surface area (Å²) in [6, 6.07) is 7.89. The number of amides is 2. The van der Waals surface area contributed by atoms with Gasteiger partial charge in [0, 0.05) is 18.1 Å². The zero-order valence-electron chi connectivity index (χ0n) is 13.5. The van der Waals surface area contributed by atoms with E-state index < -0.39 is 5.41 Å². The van der Waals surface area contributed by atoms with Crippen molar-refractivity contribution in [3.63, 3.8) is 0 Å². The first-order chi connectivity index (χ1) is 11.0. The number of nitrogens with one attached hydrogen (secondary N) is 1. The number of hydrogen-bond donors (Lipinski definition) is 1. The van der Waals surface area contributed by atoms with Crippen molar-refractivity contribution >= 4 is 23.4 Å². The van der Waals surface area contributed by atoms with Crippen LogP contribution in [-0.4, -0.2) is 36.3 Å². The second-order valence-corrected chi connectivity index (χ2v) is 7.24. The normalized spacial score (nSPS) is 19.4. The van der Waals surface area contributed by atoms with Gasteiger partial charge in [-0.15, -0.1) is 0 Å². The number of nitrogens with zero attached hydrogens (tertiary/aromatic N) is 1. The fraction of sp³-hybridized carbons (Fsp3) is 0.556. The summed E-state index contributed by atoms with van der Waals surface area (Å²) in [6.07, 6.45) is 5.85. The summed E-state index contributed by atoms with van der Waals surface area (Å²) < 4.78 is 0. The molecule has 1 aromatic carbocycles. The Kier molecular flexibility index (Phi) is 4.62.